The van der Waals surface area contributed by atoms with Crippen molar-refractivity contribution in [2.45, 2.75) is 44.8 Å². The van der Waals surface area contributed by atoms with E-state index in [0.29, 0.717) is 6.04 Å². The van der Waals surface area contributed by atoms with Gasteiger partial charge in [-0.25, -0.2) is 0 Å². The van der Waals surface area contributed by atoms with Gasteiger partial charge >= 0.3 is 0 Å². The van der Waals surface area contributed by atoms with Crippen LogP contribution in [0.25, 0.3) is 0 Å². The van der Waals surface area contributed by atoms with Crippen molar-refractivity contribution in [2.75, 3.05) is 14.2 Å². The Kier molecular flexibility index (Phi) is 3.13. The Morgan fingerprint density at radius 1 is 1.50 bits per heavy atom. The van der Waals surface area contributed by atoms with E-state index in [0.717, 1.165) is 12.3 Å². The lowest BCUT2D eigenvalue weighted by Crippen LogP contribution is -2.37. The lowest BCUT2D eigenvalue weighted by atomic mass is 9.96. The standard InChI is InChI=1S/C10H21NO/c1-10(2,12-4)7-9(11-3)8-5-6-8/h8-9,11H,5-7H2,1-4H3. The number of rotatable bonds is 5. The second kappa shape index (κ2) is 3.75. The summed E-state index contributed by atoms with van der Waals surface area (Å²) in [6, 6.07) is 0.653. The van der Waals surface area contributed by atoms with Crippen LogP contribution in [0.15, 0.2) is 0 Å². The van der Waals surface area contributed by atoms with E-state index < -0.39 is 0 Å². The summed E-state index contributed by atoms with van der Waals surface area (Å²) in [7, 11) is 3.84. The molecular weight excluding hydrogens is 150 g/mol. The van der Waals surface area contributed by atoms with Crippen LogP contribution in [0.2, 0.25) is 0 Å². The average molecular weight is 171 g/mol. The fraction of sp³-hybridized carbons (Fsp3) is 1.00. The fourth-order valence-corrected chi connectivity index (χ4v) is 1.62. The predicted molar refractivity (Wildman–Crippen MR) is 51.3 cm³/mol. The minimum atomic E-state index is 0.0241. The molecule has 0 heterocycles. The molecule has 0 saturated heterocycles. The number of nitrogens with one attached hydrogen (secondary N) is 1. The molecule has 0 aromatic rings. The molecule has 72 valence electrons. The molecule has 1 rings (SSSR count). The molecule has 1 unspecified atom stereocenters. The molecule has 1 fully saturated rings. The van der Waals surface area contributed by atoms with Crippen LogP contribution in [0, 0.1) is 5.92 Å². The maximum atomic E-state index is 5.41. The van der Waals surface area contributed by atoms with Gasteiger partial charge in [0.1, 0.15) is 0 Å². The number of hydrogen-bond acceptors (Lipinski definition) is 2. The highest BCUT2D eigenvalue weighted by Gasteiger charge is 2.34. The van der Waals surface area contributed by atoms with E-state index in [1.807, 2.05) is 0 Å². The summed E-state index contributed by atoms with van der Waals surface area (Å²) in [6.45, 7) is 4.30. The van der Waals surface area contributed by atoms with Crippen LogP contribution in [0.4, 0.5) is 0 Å². The highest BCUT2D eigenvalue weighted by molar-refractivity contribution is 4.89. The molecule has 0 aromatic carbocycles. The zero-order valence-electron chi connectivity index (χ0n) is 8.68. The Morgan fingerprint density at radius 2 is 2.08 bits per heavy atom. The number of methoxy groups -OCH3 is 1. The first-order valence-electron chi connectivity index (χ1n) is 4.81. The minimum absolute atomic E-state index is 0.0241. The van der Waals surface area contributed by atoms with Gasteiger partial charge in [0.15, 0.2) is 0 Å². The Hall–Kier alpha value is -0.0800. The molecule has 1 atom stereocenters. The van der Waals surface area contributed by atoms with E-state index in [9.17, 15) is 0 Å². The Labute approximate surface area is 75.7 Å². The first-order chi connectivity index (χ1) is 5.59. The molecule has 1 N–H and O–H groups in total. The molecule has 0 radical (unpaired) electrons. The third-order valence-electron chi connectivity index (χ3n) is 2.83. The predicted octanol–water partition coefficient (Wildman–Crippen LogP) is 1.80. The van der Waals surface area contributed by atoms with Crippen molar-refractivity contribution < 1.29 is 4.74 Å². The monoisotopic (exact) mass is 171 g/mol. The van der Waals surface area contributed by atoms with E-state index in [1.165, 1.54) is 12.8 Å². The van der Waals surface area contributed by atoms with Gasteiger partial charge in [0, 0.05) is 13.2 Å². The molecule has 0 bridgehead atoms. The van der Waals surface area contributed by atoms with Crippen LogP contribution >= 0.6 is 0 Å². The summed E-state index contributed by atoms with van der Waals surface area (Å²) in [5.74, 6) is 0.907. The van der Waals surface area contributed by atoms with Gasteiger partial charge in [0.2, 0.25) is 0 Å². The summed E-state index contributed by atoms with van der Waals surface area (Å²) in [5.41, 5.74) is 0.0241. The van der Waals surface area contributed by atoms with Crippen LogP contribution in [0.1, 0.15) is 33.1 Å². The first kappa shape index (κ1) is 10.0. The van der Waals surface area contributed by atoms with Crippen LogP contribution < -0.4 is 5.32 Å². The zero-order chi connectivity index (χ0) is 9.19. The molecule has 2 heteroatoms. The van der Waals surface area contributed by atoms with Gasteiger partial charge in [-0.15, -0.1) is 0 Å². The molecule has 0 spiro atoms. The molecule has 1 aliphatic rings. The van der Waals surface area contributed by atoms with Crippen molar-refractivity contribution in [2.24, 2.45) is 5.92 Å². The first-order valence-corrected chi connectivity index (χ1v) is 4.81. The van der Waals surface area contributed by atoms with Gasteiger partial charge in [-0.1, -0.05) is 0 Å². The van der Waals surface area contributed by atoms with Crippen LogP contribution in [0.5, 0.6) is 0 Å². The molecule has 1 saturated carbocycles. The quantitative estimate of drug-likeness (QED) is 0.681. The molecule has 12 heavy (non-hydrogen) atoms. The van der Waals surface area contributed by atoms with Gasteiger partial charge in [-0.3, -0.25) is 0 Å². The maximum Gasteiger partial charge on any atom is 0.0637 e. The molecular formula is C10H21NO. The van der Waals surface area contributed by atoms with Crippen LogP contribution in [-0.4, -0.2) is 25.8 Å². The highest BCUT2D eigenvalue weighted by atomic mass is 16.5. The SMILES string of the molecule is CNC(CC(C)(C)OC)C1CC1. The van der Waals surface area contributed by atoms with Crippen molar-refractivity contribution in [1.29, 1.82) is 0 Å². The average Bonchev–Trinajstić information content (AvgIpc) is 2.83. The molecule has 0 amide bonds. The summed E-state index contributed by atoms with van der Waals surface area (Å²) in [6.07, 6.45) is 3.90. The summed E-state index contributed by atoms with van der Waals surface area (Å²) in [4.78, 5) is 0. The van der Waals surface area contributed by atoms with Crippen LogP contribution in [0.3, 0.4) is 0 Å². The zero-order valence-corrected chi connectivity index (χ0v) is 8.68. The van der Waals surface area contributed by atoms with Crippen molar-refractivity contribution in [3.05, 3.63) is 0 Å². The smallest absolute Gasteiger partial charge is 0.0637 e. The second-order valence-corrected chi connectivity index (χ2v) is 4.40. The van der Waals surface area contributed by atoms with Gasteiger partial charge in [-0.05, 0) is 46.1 Å². The maximum absolute atomic E-state index is 5.41. The Morgan fingerprint density at radius 3 is 2.42 bits per heavy atom. The third kappa shape index (κ3) is 2.76. The number of ether oxygens (including phenoxy) is 1. The largest absolute Gasteiger partial charge is 0.379 e. The minimum Gasteiger partial charge on any atom is -0.379 e. The Balaban J connectivity index is 2.35. The van der Waals surface area contributed by atoms with Gasteiger partial charge < -0.3 is 10.1 Å². The molecule has 2 nitrogen and oxygen atoms in total. The molecule has 0 aliphatic heterocycles. The van der Waals surface area contributed by atoms with E-state index in [-0.39, 0.29) is 5.60 Å². The van der Waals surface area contributed by atoms with Crippen molar-refractivity contribution in [3.8, 4) is 0 Å². The van der Waals surface area contributed by atoms with Crippen molar-refractivity contribution >= 4 is 0 Å². The lowest BCUT2D eigenvalue weighted by Gasteiger charge is -2.28. The van der Waals surface area contributed by atoms with E-state index in [1.54, 1.807) is 7.11 Å². The fourth-order valence-electron chi connectivity index (χ4n) is 1.62. The highest BCUT2D eigenvalue weighted by Crippen LogP contribution is 2.36. The van der Waals surface area contributed by atoms with Crippen molar-refractivity contribution in [1.82, 2.24) is 5.32 Å². The van der Waals surface area contributed by atoms with Gasteiger partial charge in [0.25, 0.3) is 0 Å². The van der Waals surface area contributed by atoms with Gasteiger partial charge in [-0.2, -0.15) is 0 Å². The number of hydrogen-bond donors (Lipinski definition) is 1. The van der Waals surface area contributed by atoms with E-state index in [4.69, 9.17) is 4.74 Å². The normalized spacial score (nSPS) is 21.0. The van der Waals surface area contributed by atoms with Crippen molar-refractivity contribution in [3.63, 3.8) is 0 Å². The van der Waals surface area contributed by atoms with E-state index >= 15 is 0 Å². The summed E-state index contributed by atoms with van der Waals surface area (Å²) < 4.78 is 5.41. The summed E-state index contributed by atoms with van der Waals surface area (Å²) >= 11 is 0. The molecule has 0 aromatic heterocycles. The topological polar surface area (TPSA) is 21.3 Å². The second-order valence-electron chi connectivity index (χ2n) is 4.40. The summed E-state index contributed by atoms with van der Waals surface area (Å²) in [5, 5.41) is 3.37. The van der Waals surface area contributed by atoms with E-state index in [2.05, 4.69) is 26.2 Å². The molecule has 1 aliphatic carbocycles. The van der Waals surface area contributed by atoms with Crippen LogP contribution in [-0.2, 0) is 4.74 Å². The third-order valence-corrected chi connectivity index (χ3v) is 2.83. The lowest BCUT2D eigenvalue weighted by molar-refractivity contribution is 0.00582. The Bertz CT molecular complexity index is 141. The van der Waals surface area contributed by atoms with Gasteiger partial charge in [0.05, 0.1) is 5.60 Å².